The van der Waals surface area contributed by atoms with Crippen molar-refractivity contribution >= 4 is 17.5 Å². The Labute approximate surface area is 174 Å². The molecule has 0 aromatic heterocycles. The Morgan fingerprint density at radius 2 is 2.03 bits per heavy atom. The highest BCUT2D eigenvalue weighted by molar-refractivity contribution is 6.15. The number of nitro groups is 1. The molecule has 2 aliphatic heterocycles. The molecule has 7 heteroatoms. The number of carbonyl (C=O) groups is 1. The molecule has 2 aromatic rings. The minimum absolute atomic E-state index is 0.0264. The van der Waals surface area contributed by atoms with Gasteiger partial charge in [0.25, 0.3) is 5.69 Å². The van der Waals surface area contributed by atoms with Gasteiger partial charge in [0.2, 0.25) is 5.78 Å². The van der Waals surface area contributed by atoms with Crippen molar-refractivity contribution in [3.05, 3.63) is 68.5 Å². The van der Waals surface area contributed by atoms with Gasteiger partial charge in [0.1, 0.15) is 18.2 Å². The van der Waals surface area contributed by atoms with Crippen molar-refractivity contribution in [1.29, 1.82) is 0 Å². The van der Waals surface area contributed by atoms with E-state index in [1.54, 1.807) is 18.2 Å². The number of nitro benzene ring substituents is 1. The number of ether oxygens (including phenoxy) is 2. The molecule has 0 spiro atoms. The first-order valence-electron chi connectivity index (χ1n) is 10.2. The lowest BCUT2D eigenvalue weighted by molar-refractivity contribution is -0.384. The minimum atomic E-state index is -0.455. The van der Waals surface area contributed by atoms with Crippen molar-refractivity contribution in [2.24, 2.45) is 0 Å². The summed E-state index contributed by atoms with van der Waals surface area (Å²) in [5, 5.41) is 11.0. The van der Waals surface area contributed by atoms with Crippen molar-refractivity contribution in [3.8, 4) is 11.5 Å². The van der Waals surface area contributed by atoms with Crippen molar-refractivity contribution in [3.63, 3.8) is 0 Å². The summed E-state index contributed by atoms with van der Waals surface area (Å²) in [6, 6.07) is 8.58. The maximum Gasteiger partial charge on any atom is 0.270 e. The van der Waals surface area contributed by atoms with Crippen LogP contribution in [0, 0.1) is 17.0 Å². The van der Waals surface area contributed by atoms with E-state index in [9.17, 15) is 14.9 Å². The predicted octanol–water partition coefficient (Wildman–Crippen LogP) is 4.61. The molecule has 2 aromatic carbocycles. The Hall–Kier alpha value is -3.19. The summed E-state index contributed by atoms with van der Waals surface area (Å²) in [4.78, 5) is 26.0. The average molecular weight is 406 g/mol. The average Bonchev–Trinajstić information content (AvgIpc) is 3.38. The summed E-state index contributed by atoms with van der Waals surface area (Å²) in [6.45, 7) is 3.13. The molecule has 1 fully saturated rings. The molecule has 0 saturated heterocycles. The first kappa shape index (κ1) is 18.8. The van der Waals surface area contributed by atoms with Crippen LogP contribution in [0.3, 0.4) is 0 Å². The molecule has 1 aliphatic carbocycles. The van der Waals surface area contributed by atoms with E-state index in [0.717, 1.165) is 16.9 Å². The van der Waals surface area contributed by atoms with Gasteiger partial charge in [-0.05, 0) is 43.0 Å². The molecule has 2 heterocycles. The largest absolute Gasteiger partial charge is 0.478 e. The van der Waals surface area contributed by atoms with Gasteiger partial charge in [-0.25, -0.2) is 0 Å². The third-order valence-corrected chi connectivity index (χ3v) is 6.17. The zero-order valence-corrected chi connectivity index (χ0v) is 16.7. The van der Waals surface area contributed by atoms with Gasteiger partial charge < -0.3 is 9.47 Å². The van der Waals surface area contributed by atoms with Crippen LogP contribution in [0.15, 0.2) is 36.1 Å². The molecule has 0 radical (unpaired) electrons. The number of rotatable bonds is 3. The molecular formula is C23H22N2O5. The Kier molecular flexibility index (Phi) is 4.55. The standard InChI is InChI=1S/C23H22N2O5/c1-14-9-19-18(12-24(13-29-19)16-6-2-3-7-16)23-21(14)22(26)20(30-23)11-15-5-4-8-17(10-15)25(27)28/h4-5,8-11,16H,2-3,6-7,12-13H2,1H3/b20-11-. The monoisotopic (exact) mass is 406 g/mol. The zero-order valence-electron chi connectivity index (χ0n) is 16.7. The molecule has 7 nitrogen and oxygen atoms in total. The van der Waals surface area contributed by atoms with Crippen LogP contribution in [-0.2, 0) is 6.54 Å². The number of benzene rings is 2. The second-order valence-corrected chi connectivity index (χ2v) is 8.12. The number of non-ortho nitro benzene ring substituents is 1. The van der Waals surface area contributed by atoms with Gasteiger partial charge >= 0.3 is 0 Å². The first-order valence-corrected chi connectivity index (χ1v) is 10.2. The second-order valence-electron chi connectivity index (χ2n) is 8.12. The topological polar surface area (TPSA) is 81.9 Å². The van der Waals surface area contributed by atoms with Gasteiger partial charge in [0, 0.05) is 24.7 Å². The quantitative estimate of drug-likeness (QED) is 0.420. The Morgan fingerprint density at radius 1 is 1.23 bits per heavy atom. The fraction of sp³-hybridized carbons (Fsp3) is 0.348. The van der Waals surface area contributed by atoms with E-state index in [1.807, 2.05) is 13.0 Å². The fourth-order valence-corrected chi connectivity index (χ4v) is 4.63. The van der Waals surface area contributed by atoms with E-state index in [2.05, 4.69) is 4.90 Å². The minimum Gasteiger partial charge on any atom is -0.478 e. The lowest BCUT2D eigenvalue weighted by Crippen LogP contribution is -2.39. The molecule has 0 unspecified atom stereocenters. The maximum absolute atomic E-state index is 13.1. The highest BCUT2D eigenvalue weighted by Crippen LogP contribution is 2.45. The van der Waals surface area contributed by atoms with Crippen LogP contribution < -0.4 is 9.47 Å². The van der Waals surface area contributed by atoms with E-state index in [4.69, 9.17) is 9.47 Å². The first-order chi connectivity index (χ1) is 14.5. The second kappa shape index (κ2) is 7.25. The van der Waals surface area contributed by atoms with Gasteiger partial charge in [-0.3, -0.25) is 19.8 Å². The summed E-state index contributed by atoms with van der Waals surface area (Å²) in [5.74, 6) is 1.31. The van der Waals surface area contributed by atoms with E-state index in [0.29, 0.717) is 36.2 Å². The fourth-order valence-electron chi connectivity index (χ4n) is 4.63. The molecular weight excluding hydrogens is 384 g/mol. The predicted molar refractivity (Wildman–Crippen MR) is 111 cm³/mol. The maximum atomic E-state index is 13.1. The van der Waals surface area contributed by atoms with Gasteiger partial charge in [-0.2, -0.15) is 0 Å². The van der Waals surface area contributed by atoms with Crippen molar-refractivity contribution < 1.29 is 19.2 Å². The van der Waals surface area contributed by atoms with Gasteiger partial charge in [0.15, 0.2) is 5.76 Å². The Balaban J connectivity index is 1.50. The van der Waals surface area contributed by atoms with Crippen LogP contribution in [-0.4, -0.2) is 28.4 Å². The molecule has 5 rings (SSSR count). The normalized spacial score (nSPS) is 20.0. The van der Waals surface area contributed by atoms with Crippen molar-refractivity contribution in [2.45, 2.75) is 45.2 Å². The van der Waals surface area contributed by atoms with E-state index in [1.165, 1.54) is 37.8 Å². The lowest BCUT2D eigenvalue weighted by Gasteiger charge is -2.34. The molecule has 1 saturated carbocycles. The number of hydrogen-bond acceptors (Lipinski definition) is 6. The van der Waals surface area contributed by atoms with Gasteiger partial charge in [-0.15, -0.1) is 0 Å². The van der Waals surface area contributed by atoms with E-state index >= 15 is 0 Å². The summed E-state index contributed by atoms with van der Waals surface area (Å²) >= 11 is 0. The molecule has 0 bridgehead atoms. The number of fused-ring (bicyclic) bond motifs is 3. The van der Waals surface area contributed by atoms with Crippen molar-refractivity contribution in [2.75, 3.05) is 6.73 Å². The molecule has 0 atom stereocenters. The Morgan fingerprint density at radius 3 is 2.80 bits per heavy atom. The van der Waals surface area contributed by atoms with Crippen LogP contribution in [0.2, 0.25) is 0 Å². The van der Waals surface area contributed by atoms with E-state index < -0.39 is 4.92 Å². The van der Waals surface area contributed by atoms with Crippen LogP contribution in [0.1, 0.15) is 52.7 Å². The highest BCUT2D eigenvalue weighted by atomic mass is 16.6. The van der Waals surface area contributed by atoms with Crippen LogP contribution in [0.4, 0.5) is 5.69 Å². The van der Waals surface area contributed by atoms with E-state index in [-0.39, 0.29) is 17.2 Å². The summed E-state index contributed by atoms with van der Waals surface area (Å²) < 4.78 is 12.1. The number of hydrogen-bond donors (Lipinski definition) is 0. The van der Waals surface area contributed by atoms with Crippen LogP contribution in [0.5, 0.6) is 11.5 Å². The molecule has 30 heavy (non-hydrogen) atoms. The summed E-state index contributed by atoms with van der Waals surface area (Å²) in [5.41, 5.74) is 2.80. The number of allylic oxidation sites excluding steroid dienone is 1. The molecule has 154 valence electrons. The van der Waals surface area contributed by atoms with Crippen molar-refractivity contribution in [1.82, 2.24) is 4.90 Å². The smallest absolute Gasteiger partial charge is 0.270 e. The number of ketones is 1. The lowest BCUT2D eigenvalue weighted by atomic mass is 9.98. The number of aryl methyl sites for hydroxylation is 1. The Bertz CT molecular complexity index is 1090. The third-order valence-electron chi connectivity index (χ3n) is 6.17. The summed E-state index contributed by atoms with van der Waals surface area (Å²) in [6.07, 6.45) is 6.39. The number of nitrogens with zero attached hydrogens (tertiary/aromatic N) is 2. The molecule has 0 N–H and O–H groups in total. The number of carbonyl (C=O) groups excluding carboxylic acids is 1. The third kappa shape index (κ3) is 3.15. The van der Waals surface area contributed by atoms with Crippen LogP contribution >= 0.6 is 0 Å². The highest BCUT2D eigenvalue weighted by Gasteiger charge is 2.37. The summed E-state index contributed by atoms with van der Waals surface area (Å²) in [7, 11) is 0. The number of Topliss-reactive ketones (excluding diaryl/α,β-unsaturated/α-hetero) is 1. The zero-order chi connectivity index (χ0) is 20.8. The molecule has 3 aliphatic rings. The molecule has 0 amide bonds. The van der Waals surface area contributed by atoms with Gasteiger partial charge in [0.05, 0.1) is 16.1 Å². The SMILES string of the molecule is Cc1cc2c(c3c1C(=O)/C(=C/c1cccc([N+](=O)[O-])c1)O3)CN(C1CCCC1)CO2. The van der Waals surface area contributed by atoms with Crippen LogP contribution in [0.25, 0.3) is 6.08 Å². The van der Waals surface area contributed by atoms with Gasteiger partial charge in [-0.1, -0.05) is 25.0 Å².